The van der Waals surface area contributed by atoms with Crippen molar-refractivity contribution < 1.29 is 9.53 Å². The maximum absolute atomic E-state index is 11.8. The summed E-state index contributed by atoms with van der Waals surface area (Å²) in [5, 5.41) is 10.1. The van der Waals surface area contributed by atoms with Crippen LogP contribution >= 0.6 is 11.6 Å². The van der Waals surface area contributed by atoms with E-state index in [-0.39, 0.29) is 6.03 Å². The van der Waals surface area contributed by atoms with Gasteiger partial charge in [-0.1, -0.05) is 11.6 Å². The number of urea groups is 1. The highest BCUT2D eigenvalue weighted by Crippen LogP contribution is 2.27. The highest BCUT2D eigenvalue weighted by Gasteiger charge is 2.07. The van der Waals surface area contributed by atoms with Gasteiger partial charge in [0.15, 0.2) is 0 Å². The molecule has 1 aromatic carbocycles. The van der Waals surface area contributed by atoms with Crippen molar-refractivity contribution in [1.82, 2.24) is 15.1 Å². The van der Waals surface area contributed by atoms with Crippen molar-refractivity contribution in [3.8, 4) is 5.75 Å². The molecular formula is C14H17ClN4O2. The largest absolute Gasteiger partial charge is 0.495 e. The van der Waals surface area contributed by atoms with Crippen LogP contribution in [0.5, 0.6) is 5.75 Å². The molecular weight excluding hydrogens is 292 g/mol. The van der Waals surface area contributed by atoms with Gasteiger partial charge >= 0.3 is 6.03 Å². The van der Waals surface area contributed by atoms with Gasteiger partial charge in [-0.15, -0.1) is 0 Å². The molecule has 2 amide bonds. The number of benzene rings is 1. The first-order chi connectivity index (χ1) is 10.2. The van der Waals surface area contributed by atoms with E-state index in [2.05, 4.69) is 15.7 Å². The Labute approximate surface area is 128 Å². The van der Waals surface area contributed by atoms with Crippen molar-refractivity contribution in [2.75, 3.05) is 19.0 Å². The summed E-state index contributed by atoms with van der Waals surface area (Å²) in [6.07, 6.45) is 4.41. The minimum Gasteiger partial charge on any atom is -0.495 e. The molecule has 21 heavy (non-hydrogen) atoms. The van der Waals surface area contributed by atoms with Crippen molar-refractivity contribution in [3.63, 3.8) is 0 Å². The Morgan fingerprint density at radius 2 is 2.33 bits per heavy atom. The number of halogens is 1. The highest BCUT2D eigenvalue weighted by atomic mass is 35.5. The standard InChI is InChI=1S/C14H17ClN4O2/c1-21-13-5-4-11(15)10-12(13)18-14(20)16-6-2-8-19-9-3-7-17-19/h3-5,7,9-10H,2,6,8H2,1H3,(H2,16,18,20). The van der Waals surface area contributed by atoms with E-state index >= 15 is 0 Å². The first-order valence-corrected chi connectivity index (χ1v) is 6.92. The molecule has 6 nitrogen and oxygen atoms in total. The molecule has 0 aliphatic carbocycles. The Morgan fingerprint density at radius 1 is 1.48 bits per heavy atom. The second-order valence-corrected chi connectivity index (χ2v) is 4.78. The molecule has 0 aliphatic rings. The predicted octanol–water partition coefficient (Wildman–Crippen LogP) is 2.76. The smallest absolute Gasteiger partial charge is 0.319 e. The number of carbonyl (C=O) groups excluding carboxylic acids is 1. The Bertz CT molecular complexity index is 587. The molecule has 1 heterocycles. The third kappa shape index (κ3) is 4.68. The molecule has 2 rings (SSSR count). The molecule has 0 atom stereocenters. The summed E-state index contributed by atoms with van der Waals surface area (Å²) in [4.78, 5) is 11.8. The van der Waals surface area contributed by atoms with Crippen molar-refractivity contribution in [2.24, 2.45) is 0 Å². The molecule has 0 radical (unpaired) electrons. The Balaban J connectivity index is 1.77. The number of hydrogen-bond acceptors (Lipinski definition) is 3. The number of nitrogens with zero attached hydrogens (tertiary/aromatic N) is 2. The lowest BCUT2D eigenvalue weighted by atomic mass is 10.3. The number of carbonyl (C=O) groups is 1. The van der Waals surface area contributed by atoms with Crippen LogP contribution in [0.3, 0.4) is 0 Å². The molecule has 2 aromatic rings. The van der Waals surface area contributed by atoms with Gasteiger partial charge in [0.2, 0.25) is 0 Å². The van der Waals surface area contributed by atoms with Crippen LogP contribution in [-0.4, -0.2) is 29.5 Å². The summed E-state index contributed by atoms with van der Waals surface area (Å²) >= 11 is 5.90. The number of anilines is 1. The maximum atomic E-state index is 11.8. The Kier molecular flexibility index (Phi) is 5.45. The summed E-state index contributed by atoms with van der Waals surface area (Å²) in [6.45, 7) is 1.31. The van der Waals surface area contributed by atoms with Gasteiger partial charge in [0.1, 0.15) is 5.75 Å². The molecule has 112 valence electrons. The van der Waals surface area contributed by atoms with Crippen molar-refractivity contribution in [1.29, 1.82) is 0 Å². The lowest BCUT2D eigenvalue weighted by molar-refractivity contribution is 0.251. The minimum absolute atomic E-state index is 0.295. The Hall–Kier alpha value is -2.21. The first kappa shape index (κ1) is 15.2. The number of rotatable bonds is 6. The lowest BCUT2D eigenvalue weighted by Crippen LogP contribution is -2.30. The first-order valence-electron chi connectivity index (χ1n) is 6.55. The fourth-order valence-electron chi connectivity index (χ4n) is 1.82. The van der Waals surface area contributed by atoms with E-state index in [1.54, 1.807) is 24.4 Å². The highest BCUT2D eigenvalue weighted by molar-refractivity contribution is 6.31. The van der Waals surface area contributed by atoms with Crippen LogP contribution in [0.15, 0.2) is 36.7 Å². The van der Waals surface area contributed by atoms with Gasteiger partial charge in [0.25, 0.3) is 0 Å². The number of nitrogens with one attached hydrogen (secondary N) is 2. The number of aromatic nitrogens is 2. The van der Waals surface area contributed by atoms with Gasteiger partial charge in [-0.2, -0.15) is 5.10 Å². The number of aryl methyl sites for hydroxylation is 1. The zero-order valence-electron chi connectivity index (χ0n) is 11.7. The van der Waals surface area contributed by atoms with Gasteiger partial charge in [0, 0.05) is 30.5 Å². The van der Waals surface area contributed by atoms with Crippen LogP contribution < -0.4 is 15.4 Å². The quantitative estimate of drug-likeness (QED) is 0.806. The summed E-state index contributed by atoms with van der Waals surface area (Å²) in [7, 11) is 1.54. The maximum Gasteiger partial charge on any atom is 0.319 e. The monoisotopic (exact) mass is 308 g/mol. The van der Waals surface area contributed by atoms with E-state index in [4.69, 9.17) is 16.3 Å². The van der Waals surface area contributed by atoms with Crippen LogP contribution in [0.2, 0.25) is 5.02 Å². The van der Waals surface area contributed by atoms with Crippen LogP contribution in [-0.2, 0) is 6.54 Å². The van der Waals surface area contributed by atoms with E-state index in [9.17, 15) is 4.79 Å². The van der Waals surface area contributed by atoms with E-state index in [0.29, 0.717) is 23.0 Å². The van der Waals surface area contributed by atoms with Gasteiger partial charge < -0.3 is 15.4 Å². The number of methoxy groups -OCH3 is 1. The zero-order chi connectivity index (χ0) is 15.1. The molecule has 7 heteroatoms. The number of hydrogen-bond donors (Lipinski definition) is 2. The van der Waals surface area contributed by atoms with Crippen molar-refractivity contribution in [3.05, 3.63) is 41.7 Å². The van der Waals surface area contributed by atoms with Crippen molar-refractivity contribution in [2.45, 2.75) is 13.0 Å². The van der Waals surface area contributed by atoms with Crippen LogP contribution in [0.1, 0.15) is 6.42 Å². The normalized spacial score (nSPS) is 10.2. The molecule has 0 aliphatic heterocycles. The molecule has 0 saturated carbocycles. The third-order valence-corrected chi connectivity index (χ3v) is 3.05. The van der Waals surface area contributed by atoms with E-state index in [0.717, 1.165) is 13.0 Å². The molecule has 1 aromatic heterocycles. The summed E-state index contributed by atoms with van der Waals surface area (Å²) < 4.78 is 6.98. The molecule has 0 bridgehead atoms. The number of amides is 2. The van der Waals surface area contributed by atoms with Crippen LogP contribution in [0.25, 0.3) is 0 Å². The van der Waals surface area contributed by atoms with Crippen molar-refractivity contribution >= 4 is 23.3 Å². The SMILES string of the molecule is COc1ccc(Cl)cc1NC(=O)NCCCn1cccn1. The van der Waals surface area contributed by atoms with Gasteiger partial charge in [-0.25, -0.2) is 4.79 Å². The fourth-order valence-corrected chi connectivity index (χ4v) is 1.99. The van der Waals surface area contributed by atoms with Crippen LogP contribution in [0, 0.1) is 0 Å². The summed E-state index contributed by atoms with van der Waals surface area (Å²) in [5.74, 6) is 0.561. The van der Waals surface area contributed by atoms with Gasteiger partial charge in [-0.05, 0) is 30.7 Å². The second-order valence-electron chi connectivity index (χ2n) is 4.35. The minimum atomic E-state index is -0.295. The fraction of sp³-hybridized carbons (Fsp3) is 0.286. The average Bonchev–Trinajstić information content (AvgIpc) is 2.97. The zero-order valence-corrected chi connectivity index (χ0v) is 12.4. The van der Waals surface area contributed by atoms with Crippen LogP contribution in [0.4, 0.5) is 10.5 Å². The average molecular weight is 309 g/mol. The van der Waals surface area contributed by atoms with E-state index in [1.807, 2.05) is 16.9 Å². The topological polar surface area (TPSA) is 68.2 Å². The van der Waals surface area contributed by atoms with Gasteiger partial charge in [0.05, 0.1) is 12.8 Å². The lowest BCUT2D eigenvalue weighted by Gasteiger charge is -2.11. The molecule has 0 unspecified atom stereocenters. The molecule has 0 spiro atoms. The van der Waals surface area contributed by atoms with E-state index < -0.39 is 0 Å². The molecule has 0 saturated heterocycles. The summed E-state index contributed by atoms with van der Waals surface area (Å²) in [5.41, 5.74) is 0.537. The Morgan fingerprint density at radius 3 is 3.05 bits per heavy atom. The second kappa shape index (κ2) is 7.54. The van der Waals surface area contributed by atoms with E-state index in [1.165, 1.54) is 7.11 Å². The molecule has 0 fully saturated rings. The molecule has 2 N–H and O–H groups in total. The third-order valence-electron chi connectivity index (χ3n) is 2.82. The number of ether oxygens (including phenoxy) is 1. The predicted molar refractivity (Wildman–Crippen MR) is 81.9 cm³/mol. The van der Waals surface area contributed by atoms with Gasteiger partial charge in [-0.3, -0.25) is 4.68 Å². The summed E-state index contributed by atoms with van der Waals surface area (Å²) in [6, 6.07) is 6.62.